The highest BCUT2D eigenvalue weighted by molar-refractivity contribution is 5.90. The van der Waals surface area contributed by atoms with Crippen molar-refractivity contribution in [2.45, 2.75) is 19.8 Å². The van der Waals surface area contributed by atoms with Crippen molar-refractivity contribution in [3.8, 4) is 0 Å². The Bertz CT molecular complexity index is 682. The summed E-state index contributed by atoms with van der Waals surface area (Å²) in [6.45, 7) is 1.83. The van der Waals surface area contributed by atoms with Gasteiger partial charge in [-0.15, -0.1) is 0 Å². The number of benzene rings is 1. The van der Waals surface area contributed by atoms with Crippen molar-refractivity contribution < 1.29 is 19.0 Å². The zero-order chi connectivity index (χ0) is 16.7. The van der Waals surface area contributed by atoms with Crippen LogP contribution in [-0.4, -0.2) is 27.7 Å². The van der Waals surface area contributed by atoms with Gasteiger partial charge in [0.15, 0.2) is 5.82 Å². The van der Waals surface area contributed by atoms with E-state index in [0.717, 1.165) is 23.6 Å². The van der Waals surface area contributed by atoms with E-state index in [1.54, 1.807) is 31.5 Å². The smallest absolute Gasteiger partial charge is 0.373 e. The highest BCUT2D eigenvalue weighted by atomic mass is 19.1. The molecule has 0 saturated heterocycles. The SMILES string of the molecule is CCOC(=O)C(O)=Cc1ncc(CCc2ccc(F)cc2)cn1. The number of aliphatic hydroxyl groups is 1. The maximum absolute atomic E-state index is 12.8. The summed E-state index contributed by atoms with van der Waals surface area (Å²) in [6.07, 6.45) is 5.86. The van der Waals surface area contributed by atoms with Crippen LogP contribution in [0.15, 0.2) is 42.4 Å². The monoisotopic (exact) mass is 316 g/mol. The molecular weight excluding hydrogens is 299 g/mol. The van der Waals surface area contributed by atoms with Gasteiger partial charge in [0.2, 0.25) is 5.76 Å². The Morgan fingerprint density at radius 2 is 1.78 bits per heavy atom. The minimum Gasteiger partial charge on any atom is -0.502 e. The van der Waals surface area contributed by atoms with Crippen LogP contribution in [0.1, 0.15) is 23.9 Å². The molecule has 23 heavy (non-hydrogen) atoms. The van der Waals surface area contributed by atoms with E-state index in [0.29, 0.717) is 6.42 Å². The summed E-state index contributed by atoms with van der Waals surface area (Å²) in [5.41, 5.74) is 1.93. The molecule has 0 aliphatic carbocycles. The Hall–Kier alpha value is -2.76. The lowest BCUT2D eigenvalue weighted by molar-refractivity contribution is -0.141. The van der Waals surface area contributed by atoms with E-state index >= 15 is 0 Å². The lowest BCUT2D eigenvalue weighted by Crippen LogP contribution is -2.07. The minimum atomic E-state index is -0.809. The summed E-state index contributed by atoms with van der Waals surface area (Å²) >= 11 is 0. The Morgan fingerprint density at radius 1 is 1.17 bits per heavy atom. The molecule has 5 nitrogen and oxygen atoms in total. The summed E-state index contributed by atoms with van der Waals surface area (Å²) in [7, 11) is 0. The number of halogens is 1. The van der Waals surface area contributed by atoms with Crippen LogP contribution < -0.4 is 0 Å². The van der Waals surface area contributed by atoms with Crippen LogP contribution in [0.25, 0.3) is 6.08 Å². The number of ether oxygens (including phenoxy) is 1. The molecule has 0 unspecified atom stereocenters. The topological polar surface area (TPSA) is 72.3 Å². The number of nitrogens with zero attached hydrogens (tertiary/aromatic N) is 2. The number of aryl methyl sites for hydroxylation is 2. The minimum absolute atomic E-state index is 0.180. The summed E-state index contributed by atoms with van der Waals surface area (Å²) in [4.78, 5) is 19.4. The standard InChI is InChI=1S/C17H17FN2O3/c1-2-23-17(22)15(21)9-16-19-10-13(11-20-16)4-3-12-5-7-14(18)8-6-12/h5-11,21H,2-4H2,1H3. The number of carbonyl (C=O) groups is 1. The predicted octanol–water partition coefficient (Wildman–Crippen LogP) is 2.86. The quantitative estimate of drug-likeness (QED) is 0.504. The lowest BCUT2D eigenvalue weighted by Gasteiger charge is -2.03. The zero-order valence-electron chi connectivity index (χ0n) is 12.7. The number of rotatable bonds is 6. The Morgan fingerprint density at radius 3 is 2.39 bits per heavy atom. The number of aliphatic hydroxyl groups excluding tert-OH is 1. The van der Waals surface area contributed by atoms with Crippen molar-refractivity contribution in [3.63, 3.8) is 0 Å². The first kappa shape index (κ1) is 16.6. The summed E-state index contributed by atoms with van der Waals surface area (Å²) in [5, 5.41) is 9.52. The van der Waals surface area contributed by atoms with Crippen molar-refractivity contribution in [2.75, 3.05) is 6.61 Å². The number of aromatic nitrogens is 2. The first-order valence-corrected chi connectivity index (χ1v) is 7.21. The first-order valence-electron chi connectivity index (χ1n) is 7.21. The largest absolute Gasteiger partial charge is 0.502 e. The third-order valence-electron chi connectivity index (χ3n) is 3.09. The molecule has 0 aliphatic heterocycles. The van der Waals surface area contributed by atoms with Gasteiger partial charge in [-0.1, -0.05) is 12.1 Å². The molecule has 0 aliphatic rings. The molecule has 0 radical (unpaired) electrons. The van der Waals surface area contributed by atoms with E-state index < -0.39 is 11.7 Å². The molecule has 1 aromatic carbocycles. The van der Waals surface area contributed by atoms with E-state index in [1.165, 1.54) is 12.1 Å². The van der Waals surface area contributed by atoms with Gasteiger partial charge in [-0.3, -0.25) is 0 Å². The number of carbonyl (C=O) groups excluding carboxylic acids is 1. The molecule has 6 heteroatoms. The molecular formula is C17H17FN2O3. The summed E-state index contributed by atoms with van der Waals surface area (Å²) in [5.74, 6) is -1.38. The Kier molecular flexibility index (Phi) is 5.80. The van der Waals surface area contributed by atoms with E-state index in [4.69, 9.17) is 0 Å². The fourth-order valence-electron chi connectivity index (χ4n) is 1.89. The molecule has 0 amide bonds. The van der Waals surface area contributed by atoms with Crippen LogP contribution in [-0.2, 0) is 22.4 Å². The fraction of sp³-hybridized carbons (Fsp3) is 0.235. The normalized spacial score (nSPS) is 11.3. The van der Waals surface area contributed by atoms with Crippen LogP contribution in [0.3, 0.4) is 0 Å². The molecule has 0 saturated carbocycles. The van der Waals surface area contributed by atoms with E-state index in [2.05, 4.69) is 14.7 Å². The van der Waals surface area contributed by atoms with Crippen molar-refractivity contribution in [2.24, 2.45) is 0 Å². The fourth-order valence-corrected chi connectivity index (χ4v) is 1.89. The van der Waals surface area contributed by atoms with Crippen LogP contribution in [0.2, 0.25) is 0 Å². The highest BCUT2D eigenvalue weighted by Gasteiger charge is 2.09. The third-order valence-corrected chi connectivity index (χ3v) is 3.09. The average molecular weight is 316 g/mol. The number of esters is 1. The maximum atomic E-state index is 12.8. The number of hydrogen-bond acceptors (Lipinski definition) is 5. The second-order valence-electron chi connectivity index (χ2n) is 4.83. The molecule has 2 rings (SSSR count). The van der Waals surface area contributed by atoms with Crippen LogP contribution in [0.4, 0.5) is 4.39 Å². The highest BCUT2D eigenvalue weighted by Crippen LogP contribution is 2.08. The summed E-state index contributed by atoms with van der Waals surface area (Å²) in [6, 6.07) is 6.34. The van der Waals surface area contributed by atoms with Crippen LogP contribution >= 0.6 is 0 Å². The van der Waals surface area contributed by atoms with E-state index in [-0.39, 0.29) is 18.2 Å². The van der Waals surface area contributed by atoms with Crippen molar-refractivity contribution in [1.82, 2.24) is 9.97 Å². The molecule has 1 heterocycles. The van der Waals surface area contributed by atoms with Gasteiger partial charge < -0.3 is 9.84 Å². The third kappa shape index (κ3) is 5.18. The lowest BCUT2D eigenvalue weighted by atomic mass is 10.1. The van der Waals surface area contributed by atoms with Crippen molar-refractivity contribution in [1.29, 1.82) is 0 Å². The van der Waals surface area contributed by atoms with Crippen molar-refractivity contribution >= 4 is 12.0 Å². The summed E-state index contributed by atoms with van der Waals surface area (Å²) < 4.78 is 17.5. The first-order chi connectivity index (χ1) is 11.1. The molecule has 0 atom stereocenters. The number of hydrogen-bond donors (Lipinski definition) is 1. The Labute approximate surface area is 133 Å². The predicted molar refractivity (Wildman–Crippen MR) is 83.1 cm³/mol. The average Bonchev–Trinajstić information content (AvgIpc) is 2.56. The maximum Gasteiger partial charge on any atom is 0.373 e. The van der Waals surface area contributed by atoms with Crippen LogP contribution in [0.5, 0.6) is 0 Å². The molecule has 120 valence electrons. The van der Waals surface area contributed by atoms with Gasteiger partial charge in [0.05, 0.1) is 6.61 Å². The van der Waals surface area contributed by atoms with E-state index in [9.17, 15) is 14.3 Å². The van der Waals surface area contributed by atoms with Gasteiger partial charge in [0.25, 0.3) is 0 Å². The van der Waals surface area contributed by atoms with Crippen molar-refractivity contribution in [3.05, 3.63) is 65.2 Å². The van der Waals surface area contributed by atoms with Gasteiger partial charge >= 0.3 is 5.97 Å². The second-order valence-corrected chi connectivity index (χ2v) is 4.83. The van der Waals surface area contributed by atoms with Gasteiger partial charge in [0, 0.05) is 18.5 Å². The van der Waals surface area contributed by atoms with Gasteiger partial charge in [0.1, 0.15) is 5.82 Å². The second kappa shape index (κ2) is 8.03. The Balaban J connectivity index is 1.95. The molecule has 0 bridgehead atoms. The molecule has 1 N–H and O–H groups in total. The van der Waals surface area contributed by atoms with E-state index in [1.807, 2.05) is 0 Å². The molecule has 0 spiro atoms. The van der Waals surface area contributed by atoms with Gasteiger partial charge in [-0.05, 0) is 43.0 Å². The van der Waals surface area contributed by atoms with Crippen LogP contribution in [0, 0.1) is 5.82 Å². The molecule has 0 fully saturated rings. The zero-order valence-corrected chi connectivity index (χ0v) is 12.7. The molecule has 2 aromatic rings. The van der Waals surface area contributed by atoms with Gasteiger partial charge in [-0.25, -0.2) is 19.2 Å². The molecule has 1 aromatic heterocycles. The van der Waals surface area contributed by atoms with Gasteiger partial charge in [-0.2, -0.15) is 0 Å².